The number of hydrogen-bond donors (Lipinski definition) is 3. The van der Waals surface area contributed by atoms with Crippen molar-refractivity contribution in [3.63, 3.8) is 0 Å². The Morgan fingerprint density at radius 2 is 2.21 bits per heavy atom. The molecule has 0 aromatic heterocycles. The Bertz CT molecular complexity index is 689. The molecule has 0 aliphatic carbocycles. The number of nitrogens with one attached hydrogen (secondary N) is 3. The van der Waals surface area contributed by atoms with Crippen molar-refractivity contribution in [1.29, 1.82) is 0 Å². The van der Waals surface area contributed by atoms with E-state index in [-0.39, 0.29) is 42.0 Å². The number of anilines is 1. The van der Waals surface area contributed by atoms with Crippen LogP contribution in [0.25, 0.3) is 0 Å². The Hall–Kier alpha value is -1.42. The summed E-state index contributed by atoms with van der Waals surface area (Å²) < 4.78 is 5.47. The largest absolute Gasteiger partial charge is 0.495 e. The molecule has 164 valence electrons. The van der Waals surface area contributed by atoms with E-state index in [1.165, 1.54) is 0 Å². The van der Waals surface area contributed by atoms with Gasteiger partial charge in [0.2, 0.25) is 5.91 Å². The number of benzene rings is 1. The van der Waals surface area contributed by atoms with Crippen LogP contribution in [0.1, 0.15) is 33.1 Å². The van der Waals surface area contributed by atoms with Crippen molar-refractivity contribution in [2.75, 3.05) is 38.7 Å². The number of halogens is 2. The summed E-state index contributed by atoms with van der Waals surface area (Å²) in [6.07, 6.45) is 2.32. The first-order valence-electron chi connectivity index (χ1n) is 9.81. The molecule has 1 heterocycles. The van der Waals surface area contributed by atoms with E-state index in [1.807, 2.05) is 25.1 Å². The molecule has 0 saturated carbocycles. The number of guanidine groups is 1. The lowest BCUT2D eigenvalue weighted by Gasteiger charge is -2.22. The number of aliphatic imine (C=N–C) groups is 1. The van der Waals surface area contributed by atoms with Gasteiger partial charge in [0, 0.05) is 50.2 Å². The van der Waals surface area contributed by atoms with Crippen molar-refractivity contribution >= 4 is 53.1 Å². The van der Waals surface area contributed by atoms with Gasteiger partial charge in [0.15, 0.2) is 5.96 Å². The minimum atomic E-state index is 0. The molecule has 1 saturated heterocycles. The van der Waals surface area contributed by atoms with Gasteiger partial charge in [-0.2, -0.15) is 0 Å². The lowest BCUT2D eigenvalue weighted by atomic mass is 10.2. The second kappa shape index (κ2) is 13.0. The number of carbonyl (C=O) groups is 1. The number of nitrogens with zero attached hydrogens (tertiary/aromatic N) is 2. The average molecular weight is 538 g/mol. The third kappa shape index (κ3) is 8.08. The first-order valence-corrected chi connectivity index (χ1v) is 10.2. The minimum absolute atomic E-state index is 0. The molecule has 1 aliphatic heterocycles. The molecule has 7 nitrogen and oxygen atoms in total. The van der Waals surface area contributed by atoms with Gasteiger partial charge in [-0.05, 0) is 38.0 Å². The zero-order valence-corrected chi connectivity index (χ0v) is 20.7. The van der Waals surface area contributed by atoms with Crippen LogP contribution in [0.15, 0.2) is 23.2 Å². The van der Waals surface area contributed by atoms with Crippen molar-refractivity contribution in [3.8, 4) is 5.75 Å². The molecule has 1 aromatic carbocycles. The summed E-state index contributed by atoms with van der Waals surface area (Å²) in [5.41, 5.74) is 1.00. The maximum atomic E-state index is 11.9. The number of amides is 1. The van der Waals surface area contributed by atoms with Crippen LogP contribution in [0, 0.1) is 0 Å². The summed E-state index contributed by atoms with van der Waals surface area (Å²) in [4.78, 5) is 18.4. The molecule has 1 amide bonds. The fraction of sp³-hybridized carbons (Fsp3) is 0.600. The highest BCUT2D eigenvalue weighted by molar-refractivity contribution is 14.0. The van der Waals surface area contributed by atoms with Gasteiger partial charge in [0.25, 0.3) is 0 Å². The number of ether oxygens (including phenoxy) is 1. The van der Waals surface area contributed by atoms with E-state index < -0.39 is 0 Å². The molecule has 2 atom stereocenters. The van der Waals surface area contributed by atoms with Gasteiger partial charge in [-0.1, -0.05) is 18.5 Å². The highest BCUT2D eigenvalue weighted by atomic mass is 127. The SMILES string of the molecule is CCC(C)NC(=O)CCNC(=NC)NC1CCN(c2cc(Cl)ccc2OC)C1.I. The predicted molar refractivity (Wildman–Crippen MR) is 131 cm³/mol. The highest BCUT2D eigenvalue weighted by Crippen LogP contribution is 2.33. The topological polar surface area (TPSA) is 78.0 Å². The predicted octanol–water partition coefficient (Wildman–Crippen LogP) is 3.02. The number of methoxy groups -OCH3 is 1. The van der Waals surface area contributed by atoms with Crippen molar-refractivity contribution in [2.45, 2.75) is 45.2 Å². The van der Waals surface area contributed by atoms with E-state index in [0.29, 0.717) is 23.9 Å². The second-order valence-electron chi connectivity index (χ2n) is 7.02. The highest BCUT2D eigenvalue weighted by Gasteiger charge is 2.25. The maximum Gasteiger partial charge on any atom is 0.221 e. The zero-order valence-electron chi connectivity index (χ0n) is 17.6. The van der Waals surface area contributed by atoms with E-state index in [1.54, 1.807) is 14.2 Å². The molecule has 29 heavy (non-hydrogen) atoms. The van der Waals surface area contributed by atoms with Gasteiger partial charge in [-0.15, -0.1) is 24.0 Å². The summed E-state index contributed by atoms with van der Waals surface area (Å²) in [6, 6.07) is 6.12. The van der Waals surface area contributed by atoms with E-state index >= 15 is 0 Å². The Morgan fingerprint density at radius 1 is 1.45 bits per heavy atom. The first kappa shape index (κ1) is 25.6. The summed E-state index contributed by atoms with van der Waals surface area (Å²) >= 11 is 6.16. The van der Waals surface area contributed by atoms with Crippen LogP contribution in [-0.4, -0.2) is 57.7 Å². The van der Waals surface area contributed by atoms with Gasteiger partial charge in [-0.3, -0.25) is 9.79 Å². The van der Waals surface area contributed by atoms with E-state index in [4.69, 9.17) is 16.3 Å². The summed E-state index contributed by atoms with van der Waals surface area (Å²) in [7, 11) is 3.41. The lowest BCUT2D eigenvalue weighted by Crippen LogP contribution is -2.45. The normalized spacial score (nSPS) is 17.3. The van der Waals surface area contributed by atoms with Crippen LogP contribution < -0.4 is 25.6 Å². The summed E-state index contributed by atoms with van der Waals surface area (Å²) in [6.45, 7) is 6.33. The Kier molecular flexibility index (Phi) is 11.5. The number of rotatable bonds is 8. The molecule has 1 aromatic rings. The van der Waals surface area contributed by atoms with Gasteiger partial charge < -0.3 is 25.6 Å². The lowest BCUT2D eigenvalue weighted by molar-refractivity contribution is -0.121. The first-order chi connectivity index (χ1) is 13.5. The monoisotopic (exact) mass is 537 g/mol. The van der Waals surface area contributed by atoms with Crippen LogP contribution in [-0.2, 0) is 4.79 Å². The second-order valence-corrected chi connectivity index (χ2v) is 7.45. The van der Waals surface area contributed by atoms with Crippen molar-refractivity contribution < 1.29 is 9.53 Å². The summed E-state index contributed by atoms with van der Waals surface area (Å²) in [5, 5.41) is 10.3. The molecule has 0 spiro atoms. The summed E-state index contributed by atoms with van der Waals surface area (Å²) in [5.74, 6) is 1.58. The molecule has 1 aliphatic rings. The fourth-order valence-electron chi connectivity index (χ4n) is 3.14. The van der Waals surface area contributed by atoms with E-state index in [0.717, 1.165) is 37.4 Å². The number of hydrogen-bond acceptors (Lipinski definition) is 4. The number of carbonyl (C=O) groups excluding carboxylic acids is 1. The van der Waals surface area contributed by atoms with E-state index in [2.05, 4.69) is 32.8 Å². The van der Waals surface area contributed by atoms with Crippen molar-refractivity contribution in [3.05, 3.63) is 23.2 Å². The zero-order chi connectivity index (χ0) is 20.5. The smallest absolute Gasteiger partial charge is 0.221 e. The molecular weight excluding hydrogens is 505 g/mol. The van der Waals surface area contributed by atoms with Crippen molar-refractivity contribution in [2.24, 2.45) is 4.99 Å². The third-order valence-electron chi connectivity index (χ3n) is 4.90. The Labute approximate surface area is 196 Å². The van der Waals surface area contributed by atoms with Gasteiger partial charge >= 0.3 is 0 Å². The fourth-order valence-corrected chi connectivity index (χ4v) is 3.30. The van der Waals surface area contributed by atoms with Gasteiger partial charge in [-0.25, -0.2) is 0 Å². The Balaban J connectivity index is 0.00000420. The molecule has 2 unspecified atom stereocenters. The van der Waals surface area contributed by atoms with Gasteiger partial charge in [0.05, 0.1) is 12.8 Å². The molecule has 9 heteroatoms. The van der Waals surface area contributed by atoms with Crippen LogP contribution >= 0.6 is 35.6 Å². The van der Waals surface area contributed by atoms with Gasteiger partial charge in [0.1, 0.15) is 5.75 Å². The van der Waals surface area contributed by atoms with E-state index in [9.17, 15) is 4.79 Å². The Morgan fingerprint density at radius 3 is 2.86 bits per heavy atom. The molecule has 0 bridgehead atoms. The van der Waals surface area contributed by atoms with Crippen LogP contribution in [0.2, 0.25) is 5.02 Å². The van der Waals surface area contributed by atoms with Crippen molar-refractivity contribution in [1.82, 2.24) is 16.0 Å². The van der Waals surface area contributed by atoms with Crippen LogP contribution in [0.3, 0.4) is 0 Å². The van der Waals surface area contributed by atoms with Crippen LogP contribution in [0.4, 0.5) is 5.69 Å². The van der Waals surface area contributed by atoms with Crippen LogP contribution in [0.5, 0.6) is 5.75 Å². The minimum Gasteiger partial charge on any atom is -0.495 e. The molecular formula is C20H33ClIN5O2. The average Bonchev–Trinajstić information content (AvgIpc) is 3.15. The molecule has 0 radical (unpaired) electrons. The third-order valence-corrected chi connectivity index (χ3v) is 5.13. The quantitative estimate of drug-likeness (QED) is 0.270. The standard InChI is InChI=1S/C20H32ClN5O2.HI/c1-5-14(2)24-19(27)8-10-23-20(22-3)25-16-9-11-26(13-16)17-12-15(21)6-7-18(17)28-4;/h6-7,12,14,16H,5,8-11,13H2,1-4H3,(H,24,27)(H2,22,23,25);1H. The molecule has 3 N–H and O–H groups in total. The maximum absolute atomic E-state index is 11.9. The molecule has 2 rings (SSSR count). The molecule has 1 fully saturated rings.